The van der Waals surface area contributed by atoms with Gasteiger partial charge in [-0.1, -0.05) is 24.9 Å². The Balaban J connectivity index is 2.43. The molecule has 0 spiro atoms. The number of hydrogen-bond acceptors (Lipinski definition) is 4. The Bertz CT molecular complexity index is 717. The molecule has 6 heteroatoms. The van der Waals surface area contributed by atoms with Crippen molar-refractivity contribution >= 4 is 17.6 Å². The molecule has 0 saturated heterocycles. The first kappa shape index (κ1) is 17.9. The molecule has 0 radical (unpaired) electrons. The van der Waals surface area contributed by atoms with Gasteiger partial charge in [0.05, 0.1) is 24.8 Å². The lowest BCUT2D eigenvalue weighted by molar-refractivity contribution is 0.0697. The van der Waals surface area contributed by atoms with Crippen LogP contribution in [0.1, 0.15) is 29.3 Å². The van der Waals surface area contributed by atoms with Crippen LogP contribution >= 0.6 is 11.6 Å². The summed E-state index contributed by atoms with van der Waals surface area (Å²) in [5, 5.41) is 9.19. The first-order valence-electron chi connectivity index (χ1n) is 7.45. The minimum atomic E-state index is -1.05. The number of carbonyl (C=O) groups is 1. The molecule has 0 amide bonds. The van der Waals surface area contributed by atoms with Crippen LogP contribution in [0.25, 0.3) is 0 Å². The highest BCUT2D eigenvalue weighted by Crippen LogP contribution is 2.43. The summed E-state index contributed by atoms with van der Waals surface area (Å²) in [7, 11) is 3.10. The van der Waals surface area contributed by atoms with E-state index in [1.807, 2.05) is 12.1 Å². The highest BCUT2D eigenvalue weighted by molar-refractivity contribution is 6.32. The van der Waals surface area contributed by atoms with Crippen LogP contribution < -0.4 is 14.2 Å². The summed E-state index contributed by atoms with van der Waals surface area (Å²) < 4.78 is 16.7. The fraction of sp³-hybridized carbons (Fsp3) is 0.278. The fourth-order valence-electron chi connectivity index (χ4n) is 2.29. The lowest BCUT2D eigenvalue weighted by Crippen LogP contribution is -1.99. The molecule has 1 N–H and O–H groups in total. The highest BCUT2D eigenvalue weighted by atomic mass is 35.5. The van der Waals surface area contributed by atoms with E-state index in [1.165, 1.54) is 18.2 Å². The van der Waals surface area contributed by atoms with E-state index in [-0.39, 0.29) is 10.6 Å². The Hall–Kier alpha value is -2.40. The largest absolute Gasteiger partial charge is 0.493 e. The Labute approximate surface area is 145 Å². The lowest BCUT2D eigenvalue weighted by atomic mass is 10.1. The second-order valence-electron chi connectivity index (χ2n) is 5.13. The lowest BCUT2D eigenvalue weighted by Gasteiger charge is -2.16. The van der Waals surface area contributed by atoms with Crippen molar-refractivity contribution in [2.75, 3.05) is 14.2 Å². The van der Waals surface area contributed by atoms with Gasteiger partial charge in [-0.15, -0.1) is 0 Å². The number of methoxy groups -OCH3 is 2. The zero-order valence-corrected chi connectivity index (χ0v) is 14.5. The van der Waals surface area contributed by atoms with Gasteiger partial charge in [-0.25, -0.2) is 4.79 Å². The van der Waals surface area contributed by atoms with Gasteiger partial charge >= 0.3 is 5.97 Å². The predicted molar refractivity (Wildman–Crippen MR) is 92.0 cm³/mol. The highest BCUT2D eigenvalue weighted by Gasteiger charge is 2.17. The second kappa shape index (κ2) is 7.93. The molecular weight excluding hydrogens is 332 g/mol. The number of carboxylic acids is 1. The molecule has 0 fully saturated rings. The molecule has 5 nitrogen and oxygen atoms in total. The molecule has 0 saturated carbocycles. The zero-order chi connectivity index (χ0) is 17.7. The monoisotopic (exact) mass is 350 g/mol. The van der Waals surface area contributed by atoms with Crippen LogP contribution in [0.3, 0.4) is 0 Å². The molecule has 0 aliphatic rings. The van der Waals surface area contributed by atoms with Gasteiger partial charge in [0.15, 0.2) is 11.5 Å². The first-order valence-corrected chi connectivity index (χ1v) is 7.83. The SMILES string of the molecule is CCCc1cc(OC)c(Oc2ccc(C(=O)O)cc2Cl)c(OC)c1. The van der Waals surface area contributed by atoms with Crippen molar-refractivity contribution in [1.29, 1.82) is 0 Å². The minimum Gasteiger partial charge on any atom is -0.493 e. The third-order valence-corrected chi connectivity index (χ3v) is 3.75. The maximum atomic E-state index is 11.0. The van der Waals surface area contributed by atoms with Gasteiger partial charge in [0.25, 0.3) is 0 Å². The number of aryl methyl sites for hydroxylation is 1. The maximum absolute atomic E-state index is 11.0. The Morgan fingerprint density at radius 3 is 2.17 bits per heavy atom. The minimum absolute atomic E-state index is 0.0876. The van der Waals surface area contributed by atoms with Crippen LogP contribution in [0.4, 0.5) is 0 Å². The van der Waals surface area contributed by atoms with Crippen molar-refractivity contribution in [2.24, 2.45) is 0 Å². The van der Waals surface area contributed by atoms with Crippen LogP contribution in [0.2, 0.25) is 5.02 Å². The van der Waals surface area contributed by atoms with Crippen LogP contribution in [-0.2, 0) is 6.42 Å². The molecule has 0 aliphatic heterocycles. The molecular formula is C18H19ClO5. The van der Waals surface area contributed by atoms with Crippen LogP contribution in [0.5, 0.6) is 23.0 Å². The van der Waals surface area contributed by atoms with Crippen molar-refractivity contribution in [3.63, 3.8) is 0 Å². The standard InChI is InChI=1S/C18H19ClO5/c1-4-5-11-8-15(22-2)17(16(9-11)23-3)24-14-7-6-12(18(20)21)10-13(14)19/h6-10H,4-5H2,1-3H3,(H,20,21). The van der Waals surface area contributed by atoms with E-state index >= 15 is 0 Å². The summed E-state index contributed by atoms with van der Waals surface area (Å²) in [5.41, 5.74) is 1.16. The topological polar surface area (TPSA) is 65.0 Å². The number of halogens is 1. The summed E-state index contributed by atoms with van der Waals surface area (Å²) in [6.07, 6.45) is 1.88. The number of rotatable bonds is 7. The number of hydrogen-bond donors (Lipinski definition) is 1. The molecule has 128 valence electrons. The molecule has 2 aromatic carbocycles. The van der Waals surface area contributed by atoms with Crippen molar-refractivity contribution in [2.45, 2.75) is 19.8 Å². The van der Waals surface area contributed by atoms with Crippen LogP contribution in [0, 0.1) is 0 Å². The molecule has 0 bridgehead atoms. The van der Waals surface area contributed by atoms with E-state index < -0.39 is 5.97 Å². The molecule has 0 aliphatic carbocycles. The Kier molecular flexibility index (Phi) is 5.93. The van der Waals surface area contributed by atoms with E-state index in [2.05, 4.69) is 6.92 Å². The zero-order valence-electron chi connectivity index (χ0n) is 13.8. The summed E-state index contributed by atoms with van der Waals surface area (Å²) in [4.78, 5) is 11.0. The van der Waals surface area contributed by atoms with E-state index in [9.17, 15) is 4.79 Å². The van der Waals surface area contributed by atoms with Gasteiger partial charge in [0.1, 0.15) is 5.75 Å². The second-order valence-corrected chi connectivity index (χ2v) is 5.54. The molecule has 2 rings (SSSR count). The average molecular weight is 351 g/mol. The van der Waals surface area contributed by atoms with Gasteiger partial charge in [0.2, 0.25) is 5.75 Å². The average Bonchev–Trinajstić information content (AvgIpc) is 2.57. The van der Waals surface area contributed by atoms with Crippen molar-refractivity contribution in [3.05, 3.63) is 46.5 Å². The number of ether oxygens (including phenoxy) is 3. The smallest absolute Gasteiger partial charge is 0.335 e. The number of benzene rings is 2. The molecule has 0 unspecified atom stereocenters. The number of carboxylic acid groups (broad SMARTS) is 1. The Morgan fingerprint density at radius 2 is 1.71 bits per heavy atom. The van der Waals surface area contributed by atoms with Gasteiger partial charge < -0.3 is 19.3 Å². The van der Waals surface area contributed by atoms with Crippen LogP contribution in [-0.4, -0.2) is 25.3 Å². The van der Waals surface area contributed by atoms with Gasteiger partial charge in [0, 0.05) is 0 Å². The van der Waals surface area contributed by atoms with Crippen molar-refractivity contribution < 1.29 is 24.1 Å². The Morgan fingerprint density at radius 1 is 1.08 bits per heavy atom. The summed E-state index contributed by atoms with van der Waals surface area (Å²) >= 11 is 6.13. The summed E-state index contributed by atoms with van der Waals surface area (Å²) in [6, 6.07) is 8.05. The van der Waals surface area contributed by atoms with E-state index in [4.69, 9.17) is 30.9 Å². The quantitative estimate of drug-likeness (QED) is 0.777. The molecule has 0 atom stereocenters. The fourth-order valence-corrected chi connectivity index (χ4v) is 2.51. The molecule has 0 heterocycles. The van der Waals surface area contributed by atoms with Crippen molar-refractivity contribution in [1.82, 2.24) is 0 Å². The first-order chi connectivity index (χ1) is 11.5. The third-order valence-electron chi connectivity index (χ3n) is 3.45. The predicted octanol–water partition coefficient (Wildman–Crippen LogP) is 4.80. The normalized spacial score (nSPS) is 10.3. The summed E-state index contributed by atoms with van der Waals surface area (Å²) in [5.74, 6) is 0.709. The van der Waals surface area contributed by atoms with E-state index in [0.717, 1.165) is 18.4 Å². The van der Waals surface area contributed by atoms with E-state index in [1.54, 1.807) is 14.2 Å². The van der Waals surface area contributed by atoms with E-state index in [0.29, 0.717) is 23.0 Å². The van der Waals surface area contributed by atoms with Crippen molar-refractivity contribution in [3.8, 4) is 23.0 Å². The van der Waals surface area contributed by atoms with Gasteiger partial charge in [-0.3, -0.25) is 0 Å². The van der Waals surface area contributed by atoms with Gasteiger partial charge in [-0.2, -0.15) is 0 Å². The molecule has 24 heavy (non-hydrogen) atoms. The summed E-state index contributed by atoms with van der Waals surface area (Å²) in [6.45, 7) is 2.09. The number of aromatic carboxylic acids is 1. The maximum Gasteiger partial charge on any atom is 0.335 e. The third kappa shape index (κ3) is 3.92. The van der Waals surface area contributed by atoms with Gasteiger partial charge in [-0.05, 0) is 42.3 Å². The van der Waals surface area contributed by atoms with Crippen LogP contribution in [0.15, 0.2) is 30.3 Å². The molecule has 0 aromatic heterocycles. The molecule has 2 aromatic rings.